The zero-order chi connectivity index (χ0) is 7.98. The van der Waals surface area contributed by atoms with Crippen molar-refractivity contribution in [3.8, 4) is 0 Å². The SMILES string of the molecule is [B]N(C)CCCC(C)CC. The highest BCUT2D eigenvalue weighted by Crippen LogP contribution is 2.08. The summed E-state index contributed by atoms with van der Waals surface area (Å²) in [4.78, 5) is 1.75. The van der Waals surface area contributed by atoms with Crippen molar-refractivity contribution in [3.63, 3.8) is 0 Å². The molecule has 0 N–H and O–H groups in total. The number of rotatable bonds is 5. The summed E-state index contributed by atoms with van der Waals surface area (Å²) >= 11 is 0. The van der Waals surface area contributed by atoms with Gasteiger partial charge in [0, 0.05) is 0 Å². The molecule has 2 radical (unpaired) electrons. The van der Waals surface area contributed by atoms with Gasteiger partial charge in [-0.05, 0) is 32.4 Å². The highest BCUT2D eigenvalue weighted by Gasteiger charge is 1.97. The van der Waals surface area contributed by atoms with E-state index in [0.29, 0.717) is 0 Å². The van der Waals surface area contributed by atoms with Crippen LogP contribution in [0, 0.1) is 5.92 Å². The van der Waals surface area contributed by atoms with Crippen LogP contribution < -0.4 is 0 Å². The zero-order valence-electron chi connectivity index (χ0n) is 7.43. The lowest BCUT2D eigenvalue weighted by Crippen LogP contribution is -2.15. The number of hydrogen-bond donors (Lipinski definition) is 0. The molecule has 0 heterocycles. The fourth-order valence-electron chi connectivity index (χ4n) is 0.893. The summed E-state index contributed by atoms with van der Waals surface area (Å²) in [5.74, 6) is 0.861. The summed E-state index contributed by atoms with van der Waals surface area (Å²) in [5.41, 5.74) is 0. The monoisotopic (exact) mass is 139 g/mol. The van der Waals surface area contributed by atoms with Gasteiger partial charge in [0.2, 0.25) is 0 Å². The van der Waals surface area contributed by atoms with Crippen LogP contribution in [0.3, 0.4) is 0 Å². The Bertz CT molecular complexity index is 73.7. The molecule has 0 fully saturated rings. The maximum atomic E-state index is 5.45. The average molecular weight is 139 g/mol. The molecule has 0 rings (SSSR count). The third kappa shape index (κ3) is 6.15. The van der Waals surface area contributed by atoms with Crippen molar-refractivity contribution in [1.29, 1.82) is 0 Å². The molecule has 0 amide bonds. The lowest BCUT2D eigenvalue weighted by Gasteiger charge is -2.11. The first-order valence-electron chi connectivity index (χ1n) is 4.12. The van der Waals surface area contributed by atoms with E-state index in [0.717, 1.165) is 12.5 Å². The van der Waals surface area contributed by atoms with Crippen molar-refractivity contribution < 1.29 is 0 Å². The lowest BCUT2D eigenvalue weighted by atomic mass is 10.0. The molecule has 0 spiro atoms. The van der Waals surface area contributed by atoms with Crippen LogP contribution in [-0.2, 0) is 0 Å². The van der Waals surface area contributed by atoms with Gasteiger partial charge in [-0.15, -0.1) is 0 Å². The van der Waals surface area contributed by atoms with Gasteiger partial charge in [-0.25, -0.2) is 0 Å². The van der Waals surface area contributed by atoms with Gasteiger partial charge < -0.3 is 4.81 Å². The van der Waals surface area contributed by atoms with Crippen molar-refractivity contribution in [2.75, 3.05) is 13.6 Å². The van der Waals surface area contributed by atoms with Crippen LogP contribution >= 0.6 is 0 Å². The van der Waals surface area contributed by atoms with Crippen molar-refractivity contribution in [3.05, 3.63) is 0 Å². The van der Waals surface area contributed by atoms with Gasteiger partial charge in [0.05, 0.1) is 0 Å². The van der Waals surface area contributed by atoms with Gasteiger partial charge in [-0.2, -0.15) is 0 Å². The minimum atomic E-state index is 0.861. The van der Waals surface area contributed by atoms with E-state index in [4.69, 9.17) is 7.98 Å². The van der Waals surface area contributed by atoms with Crippen LogP contribution in [0.2, 0.25) is 0 Å². The second kappa shape index (κ2) is 5.78. The second-order valence-corrected chi connectivity index (χ2v) is 3.14. The zero-order valence-corrected chi connectivity index (χ0v) is 7.43. The first-order valence-corrected chi connectivity index (χ1v) is 4.12. The van der Waals surface area contributed by atoms with Crippen molar-refractivity contribution in [2.24, 2.45) is 5.92 Å². The molecular weight excluding hydrogens is 121 g/mol. The molecule has 0 bridgehead atoms. The Balaban J connectivity index is 3.03. The Kier molecular flexibility index (Phi) is 5.80. The predicted octanol–water partition coefficient (Wildman–Crippen LogP) is 1.83. The minimum absolute atomic E-state index is 0.861. The van der Waals surface area contributed by atoms with Gasteiger partial charge in [-0.1, -0.05) is 20.3 Å². The summed E-state index contributed by atoms with van der Waals surface area (Å²) in [5, 5.41) is 0. The van der Waals surface area contributed by atoms with Gasteiger partial charge >= 0.3 is 0 Å². The molecule has 0 aromatic carbocycles. The quantitative estimate of drug-likeness (QED) is 0.525. The minimum Gasteiger partial charge on any atom is -0.356 e. The summed E-state index contributed by atoms with van der Waals surface area (Å²) in [6.45, 7) is 5.54. The molecule has 2 heteroatoms. The first-order chi connectivity index (χ1) is 4.66. The molecule has 0 aliphatic rings. The maximum absolute atomic E-state index is 5.45. The molecule has 1 unspecified atom stereocenters. The molecular formula is C8H18BN. The van der Waals surface area contributed by atoms with E-state index in [9.17, 15) is 0 Å². The Labute approximate surface area is 66.2 Å². The Hall–Kier alpha value is 0.0249. The summed E-state index contributed by atoms with van der Waals surface area (Å²) in [6, 6.07) is 0. The van der Waals surface area contributed by atoms with Crippen LogP contribution in [0.4, 0.5) is 0 Å². The highest BCUT2D eigenvalue weighted by atomic mass is 15.0. The summed E-state index contributed by atoms with van der Waals surface area (Å²) in [6.07, 6.45) is 3.81. The van der Waals surface area contributed by atoms with Gasteiger partial charge in [0.15, 0.2) is 7.98 Å². The van der Waals surface area contributed by atoms with E-state index < -0.39 is 0 Å². The van der Waals surface area contributed by atoms with Crippen LogP contribution in [0.15, 0.2) is 0 Å². The Morgan fingerprint density at radius 3 is 2.50 bits per heavy atom. The van der Waals surface area contributed by atoms with Crippen molar-refractivity contribution >= 4 is 7.98 Å². The number of hydrogen-bond acceptors (Lipinski definition) is 1. The van der Waals surface area contributed by atoms with E-state index >= 15 is 0 Å². The normalized spacial score (nSPS) is 14.0. The van der Waals surface area contributed by atoms with Crippen molar-refractivity contribution in [2.45, 2.75) is 33.1 Å². The topological polar surface area (TPSA) is 3.24 Å². The molecule has 0 aromatic heterocycles. The predicted molar refractivity (Wildman–Crippen MR) is 47.1 cm³/mol. The van der Waals surface area contributed by atoms with E-state index in [-0.39, 0.29) is 0 Å². The highest BCUT2D eigenvalue weighted by molar-refractivity contribution is 6.04. The molecule has 0 aromatic rings. The van der Waals surface area contributed by atoms with E-state index in [1.165, 1.54) is 19.3 Å². The first kappa shape index (κ1) is 10.0. The molecule has 0 aliphatic heterocycles. The third-order valence-electron chi connectivity index (χ3n) is 1.90. The average Bonchev–Trinajstić information content (AvgIpc) is 1.87. The van der Waals surface area contributed by atoms with E-state index in [1.54, 1.807) is 4.81 Å². The second-order valence-electron chi connectivity index (χ2n) is 3.14. The number of nitrogens with zero attached hydrogens (tertiary/aromatic N) is 1. The van der Waals surface area contributed by atoms with Crippen LogP contribution in [-0.4, -0.2) is 26.4 Å². The fraction of sp³-hybridized carbons (Fsp3) is 1.00. The largest absolute Gasteiger partial charge is 0.356 e. The molecule has 0 saturated carbocycles. The summed E-state index contributed by atoms with van der Waals surface area (Å²) in [7, 11) is 7.37. The van der Waals surface area contributed by atoms with Crippen LogP contribution in [0.5, 0.6) is 0 Å². The van der Waals surface area contributed by atoms with Gasteiger partial charge in [-0.3, -0.25) is 0 Å². The van der Waals surface area contributed by atoms with Crippen LogP contribution in [0.25, 0.3) is 0 Å². The molecule has 1 nitrogen and oxygen atoms in total. The molecule has 10 heavy (non-hydrogen) atoms. The summed E-state index contributed by atoms with van der Waals surface area (Å²) < 4.78 is 0. The Morgan fingerprint density at radius 2 is 2.10 bits per heavy atom. The fourth-order valence-corrected chi connectivity index (χ4v) is 0.893. The smallest absolute Gasteiger partial charge is 0.182 e. The maximum Gasteiger partial charge on any atom is 0.182 e. The standard InChI is InChI=1S/C8H18BN/c1-4-8(2)6-5-7-10(3)9/h8H,4-7H2,1-3H3. The third-order valence-corrected chi connectivity index (χ3v) is 1.90. The van der Waals surface area contributed by atoms with Crippen molar-refractivity contribution in [1.82, 2.24) is 4.81 Å². The van der Waals surface area contributed by atoms with Gasteiger partial charge in [0.25, 0.3) is 0 Å². The molecule has 1 atom stereocenters. The molecule has 0 aliphatic carbocycles. The van der Waals surface area contributed by atoms with Gasteiger partial charge in [0.1, 0.15) is 0 Å². The molecule has 0 saturated heterocycles. The van der Waals surface area contributed by atoms with E-state index in [2.05, 4.69) is 13.8 Å². The molecule has 58 valence electrons. The van der Waals surface area contributed by atoms with E-state index in [1.807, 2.05) is 7.05 Å². The Morgan fingerprint density at radius 1 is 1.50 bits per heavy atom. The lowest BCUT2D eigenvalue weighted by molar-refractivity contribution is 0.441. The van der Waals surface area contributed by atoms with Crippen LogP contribution in [0.1, 0.15) is 33.1 Å².